The van der Waals surface area contributed by atoms with E-state index in [1.807, 2.05) is 31.2 Å². The van der Waals surface area contributed by atoms with Crippen LogP contribution in [-0.4, -0.2) is 45.2 Å². The number of hydrogen-bond acceptors (Lipinski definition) is 4. The molecule has 0 aliphatic carbocycles. The zero-order valence-corrected chi connectivity index (χ0v) is 17.2. The predicted molar refractivity (Wildman–Crippen MR) is 116 cm³/mol. The summed E-state index contributed by atoms with van der Waals surface area (Å²) in [5.41, 5.74) is 3.77. The number of amides is 2. The number of benzene rings is 2. The zero-order chi connectivity index (χ0) is 20.6. The highest BCUT2D eigenvalue weighted by atomic mass is 16.5. The third-order valence-corrected chi connectivity index (χ3v) is 5.10. The van der Waals surface area contributed by atoms with Gasteiger partial charge in [-0.25, -0.2) is 0 Å². The number of ether oxygens (including phenoxy) is 1. The third-order valence-electron chi connectivity index (χ3n) is 5.10. The van der Waals surface area contributed by atoms with Crippen LogP contribution in [0.3, 0.4) is 0 Å². The van der Waals surface area contributed by atoms with Gasteiger partial charge < -0.3 is 20.3 Å². The van der Waals surface area contributed by atoms with Crippen LogP contribution >= 0.6 is 0 Å². The van der Waals surface area contributed by atoms with Gasteiger partial charge >= 0.3 is 0 Å². The van der Waals surface area contributed by atoms with E-state index in [0.717, 1.165) is 37.2 Å². The van der Waals surface area contributed by atoms with E-state index in [1.54, 1.807) is 25.3 Å². The van der Waals surface area contributed by atoms with Crippen molar-refractivity contribution in [2.24, 2.45) is 0 Å². The van der Waals surface area contributed by atoms with Crippen LogP contribution in [0.15, 0.2) is 42.5 Å². The standard InChI is InChI=1S/C23H29N3O3/c1-17-6-8-18(9-7-17)22(27)25-19-10-11-21(26-13-4-3-5-14-26)20(16-19)23(28)24-12-15-29-2/h6-11,16H,3-5,12-15H2,1-2H3,(H,24,28)(H,25,27). The monoisotopic (exact) mass is 395 g/mol. The second-order valence-corrected chi connectivity index (χ2v) is 7.35. The number of carbonyl (C=O) groups excluding carboxylic acids is 2. The Bertz CT molecular complexity index is 843. The highest BCUT2D eigenvalue weighted by Gasteiger charge is 2.19. The molecule has 6 nitrogen and oxygen atoms in total. The Labute approximate surface area is 172 Å². The fraction of sp³-hybridized carbons (Fsp3) is 0.391. The molecule has 1 fully saturated rings. The van der Waals surface area contributed by atoms with Gasteiger partial charge in [0.1, 0.15) is 0 Å². The molecule has 2 N–H and O–H groups in total. The molecule has 0 saturated carbocycles. The van der Waals surface area contributed by atoms with Crippen molar-refractivity contribution >= 4 is 23.2 Å². The molecule has 0 unspecified atom stereocenters. The Balaban J connectivity index is 1.82. The summed E-state index contributed by atoms with van der Waals surface area (Å²) < 4.78 is 5.03. The second kappa shape index (κ2) is 10.1. The van der Waals surface area contributed by atoms with Gasteiger partial charge in [-0.05, 0) is 56.5 Å². The molecule has 2 amide bonds. The average Bonchev–Trinajstić information content (AvgIpc) is 2.75. The van der Waals surface area contributed by atoms with Crippen molar-refractivity contribution in [2.45, 2.75) is 26.2 Å². The summed E-state index contributed by atoms with van der Waals surface area (Å²) in [4.78, 5) is 27.6. The average molecular weight is 396 g/mol. The van der Waals surface area contributed by atoms with Crippen LogP contribution in [-0.2, 0) is 4.74 Å². The number of aryl methyl sites for hydroxylation is 1. The number of nitrogens with one attached hydrogen (secondary N) is 2. The van der Waals surface area contributed by atoms with Gasteiger partial charge in [0.05, 0.1) is 12.2 Å². The van der Waals surface area contributed by atoms with E-state index >= 15 is 0 Å². The van der Waals surface area contributed by atoms with Crippen molar-refractivity contribution in [2.75, 3.05) is 43.6 Å². The minimum Gasteiger partial charge on any atom is -0.383 e. The van der Waals surface area contributed by atoms with E-state index in [2.05, 4.69) is 15.5 Å². The van der Waals surface area contributed by atoms with Crippen molar-refractivity contribution in [1.29, 1.82) is 0 Å². The summed E-state index contributed by atoms with van der Waals surface area (Å²) in [6, 6.07) is 13.0. The molecule has 2 aromatic carbocycles. The molecular weight excluding hydrogens is 366 g/mol. The van der Waals surface area contributed by atoms with Crippen molar-refractivity contribution < 1.29 is 14.3 Å². The summed E-state index contributed by atoms with van der Waals surface area (Å²) in [5.74, 6) is -0.351. The Morgan fingerprint density at radius 1 is 1.00 bits per heavy atom. The minimum absolute atomic E-state index is 0.158. The summed E-state index contributed by atoms with van der Waals surface area (Å²) in [6.07, 6.45) is 3.46. The van der Waals surface area contributed by atoms with Crippen LogP contribution < -0.4 is 15.5 Å². The van der Waals surface area contributed by atoms with Crippen molar-refractivity contribution in [3.8, 4) is 0 Å². The number of rotatable bonds is 7. The molecule has 0 aromatic heterocycles. The molecule has 6 heteroatoms. The van der Waals surface area contributed by atoms with Gasteiger partial charge in [0.2, 0.25) is 0 Å². The molecule has 2 aromatic rings. The normalized spacial score (nSPS) is 13.8. The molecule has 0 radical (unpaired) electrons. The number of anilines is 2. The lowest BCUT2D eigenvalue weighted by atomic mass is 10.1. The summed E-state index contributed by atoms with van der Waals surface area (Å²) in [5, 5.41) is 5.80. The van der Waals surface area contributed by atoms with Crippen molar-refractivity contribution in [3.05, 3.63) is 59.2 Å². The van der Waals surface area contributed by atoms with Crippen molar-refractivity contribution in [1.82, 2.24) is 5.32 Å². The second-order valence-electron chi connectivity index (χ2n) is 7.35. The first-order valence-corrected chi connectivity index (χ1v) is 10.1. The topological polar surface area (TPSA) is 70.7 Å². The molecule has 0 spiro atoms. The molecule has 1 aliphatic heterocycles. The van der Waals surface area contributed by atoms with E-state index in [-0.39, 0.29) is 11.8 Å². The highest BCUT2D eigenvalue weighted by Crippen LogP contribution is 2.27. The van der Waals surface area contributed by atoms with E-state index in [9.17, 15) is 9.59 Å². The van der Waals surface area contributed by atoms with Crippen molar-refractivity contribution in [3.63, 3.8) is 0 Å². The van der Waals surface area contributed by atoms with Crippen LogP contribution in [0.4, 0.5) is 11.4 Å². The summed E-state index contributed by atoms with van der Waals surface area (Å²) in [7, 11) is 1.60. The van der Waals surface area contributed by atoms with E-state index in [1.165, 1.54) is 6.42 Å². The first-order chi connectivity index (χ1) is 14.1. The summed E-state index contributed by atoms with van der Waals surface area (Å²) >= 11 is 0. The SMILES string of the molecule is COCCNC(=O)c1cc(NC(=O)c2ccc(C)cc2)ccc1N1CCCCC1. The van der Waals surface area contributed by atoms with Gasteiger partial charge in [-0.15, -0.1) is 0 Å². The first kappa shape index (κ1) is 20.9. The Kier molecular flexibility index (Phi) is 7.25. The van der Waals surface area contributed by atoms with Crippen LogP contribution in [0.25, 0.3) is 0 Å². The Morgan fingerprint density at radius 3 is 2.41 bits per heavy atom. The lowest BCUT2D eigenvalue weighted by molar-refractivity contribution is 0.0936. The lowest BCUT2D eigenvalue weighted by Crippen LogP contribution is -2.33. The van der Waals surface area contributed by atoms with E-state index < -0.39 is 0 Å². The third kappa shape index (κ3) is 5.57. The molecule has 29 heavy (non-hydrogen) atoms. The minimum atomic E-state index is -0.193. The van der Waals surface area contributed by atoms with Crippen LogP contribution in [0.1, 0.15) is 45.5 Å². The lowest BCUT2D eigenvalue weighted by Gasteiger charge is -2.30. The van der Waals surface area contributed by atoms with Crippen LogP contribution in [0.5, 0.6) is 0 Å². The quantitative estimate of drug-likeness (QED) is 0.703. The maximum Gasteiger partial charge on any atom is 0.255 e. The van der Waals surface area contributed by atoms with Gasteiger partial charge in [0.25, 0.3) is 11.8 Å². The van der Waals surface area contributed by atoms with Gasteiger partial charge in [-0.3, -0.25) is 9.59 Å². The van der Waals surface area contributed by atoms with Gasteiger partial charge in [-0.2, -0.15) is 0 Å². The fourth-order valence-electron chi connectivity index (χ4n) is 3.48. The smallest absolute Gasteiger partial charge is 0.255 e. The molecule has 1 heterocycles. The Morgan fingerprint density at radius 2 is 1.72 bits per heavy atom. The zero-order valence-electron chi connectivity index (χ0n) is 17.2. The van der Waals surface area contributed by atoms with Gasteiger partial charge in [0, 0.05) is 43.7 Å². The largest absolute Gasteiger partial charge is 0.383 e. The molecule has 0 bridgehead atoms. The number of hydrogen-bond donors (Lipinski definition) is 2. The summed E-state index contributed by atoms with van der Waals surface area (Å²) in [6.45, 7) is 4.75. The number of methoxy groups -OCH3 is 1. The molecular formula is C23H29N3O3. The fourth-order valence-corrected chi connectivity index (χ4v) is 3.48. The molecule has 1 aliphatic rings. The van der Waals surface area contributed by atoms with Crippen LogP contribution in [0.2, 0.25) is 0 Å². The van der Waals surface area contributed by atoms with E-state index in [4.69, 9.17) is 4.74 Å². The molecule has 1 saturated heterocycles. The maximum atomic E-state index is 12.8. The Hall–Kier alpha value is -2.86. The molecule has 154 valence electrons. The predicted octanol–water partition coefficient (Wildman–Crippen LogP) is 3.61. The van der Waals surface area contributed by atoms with Crippen LogP contribution in [0, 0.1) is 6.92 Å². The molecule has 0 atom stereocenters. The van der Waals surface area contributed by atoms with Gasteiger partial charge in [-0.1, -0.05) is 17.7 Å². The number of nitrogens with zero attached hydrogens (tertiary/aromatic N) is 1. The van der Waals surface area contributed by atoms with Gasteiger partial charge in [0.15, 0.2) is 0 Å². The maximum absolute atomic E-state index is 12.8. The molecule has 3 rings (SSSR count). The highest BCUT2D eigenvalue weighted by molar-refractivity contribution is 6.06. The number of piperidine rings is 1. The van der Waals surface area contributed by atoms with E-state index in [0.29, 0.717) is 30.0 Å². The number of carbonyl (C=O) groups is 2. The first-order valence-electron chi connectivity index (χ1n) is 10.1.